The van der Waals surface area contributed by atoms with Crippen LogP contribution in [0.15, 0.2) is 23.8 Å². The third kappa shape index (κ3) is 3.61. The van der Waals surface area contributed by atoms with Gasteiger partial charge in [-0.1, -0.05) is 25.5 Å². The maximum absolute atomic E-state index is 13.6. The number of alkyl halides is 1. The van der Waals surface area contributed by atoms with Crippen LogP contribution in [0.3, 0.4) is 0 Å². The highest BCUT2D eigenvalue weighted by Crippen LogP contribution is 2.71. The Labute approximate surface area is 215 Å². The summed E-state index contributed by atoms with van der Waals surface area (Å²) in [6.45, 7) is 4.80. The Morgan fingerprint density at radius 3 is 2.53 bits per heavy atom. The standard InChI is InChI=1S/C26H33ClO9/c1-5-34-22(32)35-14-20(30)25(36-21(31)33-4)11-9-17-18-7-6-15-12-16(28)8-10-23(15,2)26(18,27)19(29)13-24(17,25)3/h8,10,12,17-19,29H,5-7,9,11,13-14H2,1-4H3/t17-,18-,19?,23-,24-,25-,26-/m0/s1. The molecule has 0 spiro atoms. The number of Topliss-reactive ketones (excluding diaryl/α,β-unsaturated/α-hetero) is 1. The number of ketones is 2. The van der Waals surface area contributed by atoms with E-state index in [2.05, 4.69) is 0 Å². The van der Waals surface area contributed by atoms with Gasteiger partial charge in [0.2, 0.25) is 5.78 Å². The largest absolute Gasteiger partial charge is 0.509 e. The summed E-state index contributed by atoms with van der Waals surface area (Å²) in [5.41, 5.74) is -2.56. The van der Waals surface area contributed by atoms with E-state index in [1.54, 1.807) is 19.1 Å². The molecule has 4 rings (SSSR count). The lowest BCUT2D eigenvalue weighted by Gasteiger charge is -2.63. The maximum atomic E-state index is 13.6. The van der Waals surface area contributed by atoms with Crippen molar-refractivity contribution in [3.63, 3.8) is 0 Å². The minimum atomic E-state index is -1.69. The second-order valence-electron chi connectivity index (χ2n) is 10.6. The van der Waals surface area contributed by atoms with Gasteiger partial charge in [-0.2, -0.15) is 0 Å². The van der Waals surface area contributed by atoms with Crippen molar-refractivity contribution in [2.75, 3.05) is 20.3 Å². The van der Waals surface area contributed by atoms with Crippen LogP contribution in [-0.4, -0.2) is 65.9 Å². The van der Waals surface area contributed by atoms with Crippen LogP contribution < -0.4 is 0 Å². The molecule has 0 aliphatic heterocycles. The van der Waals surface area contributed by atoms with E-state index in [0.29, 0.717) is 19.3 Å². The number of methoxy groups -OCH3 is 1. The molecule has 9 nitrogen and oxygen atoms in total. The van der Waals surface area contributed by atoms with Crippen molar-refractivity contribution in [3.05, 3.63) is 23.8 Å². The fraction of sp³-hybridized carbons (Fsp3) is 0.692. The molecule has 198 valence electrons. The molecule has 7 atom stereocenters. The van der Waals surface area contributed by atoms with Gasteiger partial charge < -0.3 is 24.1 Å². The molecule has 1 unspecified atom stereocenters. The lowest BCUT2D eigenvalue weighted by Crippen LogP contribution is -2.69. The predicted molar refractivity (Wildman–Crippen MR) is 127 cm³/mol. The molecule has 10 heteroatoms. The molecule has 3 fully saturated rings. The molecule has 1 N–H and O–H groups in total. The van der Waals surface area contributed by atoms with Crippen LogP contribution in [0.2, 0.25) is 0 Å². The number of aliphatic hydroxyl groups is 1. The van der Waals surface area contributed by atoms with Crippen molar-refractivity contribution in [2.24, 2.45) is 22.7 Å². The molecule has 36 heavy (non-hydrogen) atoms. The van der Waals surface area contributed by atoms with Crippen LogP contribution in [0.25, 0.3) is 0 Å². The van der Waals surface area contributed by atoms with Crippen LogP contribution in [0.4, 0.5) is 9.59 Å². The third-order valence-corrected chi connectivity index (χ3v) is 10.1. The van der Waals surface area contributed by atoms with Crippen molar-refractivity contribution in [3.8, 4) is 0 Å². The van der Waals surface area contributed by atoms with Gasteiger partial charge >= 0.3 is 12.3 Å². The SMILES string of the molecule is CCOC(=O)OCC(=O)[C@@]1(OC(=O)OC)CC[C@H]2[C@@H]3CCC4=CC(=O)C=C[C@]4(C)[C@@]3(Cl)C(O)C[C@@]21C. The Balaban J connectivity index is 1.73. The van der Waals surface area contributed by atoms with E-state index in [9.17, 15) is 24.3 Å². The van der Waals surface area contributed by atoms with E-state index >= 15 is 0 Å². The third-order valence-electron chi connectivity index (χ3n) is 9.22. The summed E-state index contributed by atoms with van der Waals surface area (Å²) in [5, 5.41) is 11.7. The number of hydrogen-bond acceptors (Lipinski definition) is 9. The van der Waals surface area contributed by atoms with E-state index in [-0.39, 0.29) is 37.1 Å². The lowest BCUT2D eigenvalue weighted by atomic mass is 9.45. The molecule has 0 aromatic carbocycles. The number of aliphatic hydroxyl groups excluding tert-OH is 1. The Hall–Kier alpha value is -2.39. The fourth-order valence-corrected chi connectivity index (χ4v) is 7.99. The molecule has 0 bridgehead atoms. The number of rotatable bonds is 5. The number of halogens is 1. The van der Waals surface area contributed by atoms with E-state index in [1.165, 1.54) is 6.08 Å². The van der Waals surface area contributed by atoms with Gasteiger partial charge in [0.05, 0.1) is 24.7 Å². The van der Waals surface area contributed by atoms with Gasteiger partial charge in [-0.3, -0.25) is 9.59 Å². The molecule has 0 radical (unpaired) electrons. The highest BCUT2D eigenvalue weighted by molar-refractivity contribution is 6.26. The fourth-order valence-electron chi connectivity index (χ4n) is 7.47. The van der Waals surface area contributed by atoms with Gasteiger partial charge in [0, 0.05) is 10.8 Å². The number of fused-ring (bicyclic) bond motifs is 5. The van der Waals surface area contributed by atoms with Crippen molar-refractivity contribution < 1.29 is 43.2 Å². The topological polar surface area (TPSA) is 125 Å². The molecule has 4 aliphatic carbocycles. The number of allylic oxidation sites excluding steroid dienone is 4. The van der Waals surface area contributed by atoms with Crippen molar-refractivity contribution in [1.82, 2.24) is 0 Å². The van der Waals surface area contributed by atoms with Crippen LogP contribution in [0, 0.1) is 22.7 Å². The molecule has 0 saturated heterocycles. The first-order valence-electron chi connectivity index (χ1n) is 12.3. The minimum absolute atomic E-state index is 0.0600. The van der Waals surface area contributed by atoms with Gasteiger partial charge in [0.1, 0.15) is 0 Å². The average Bonchev–Trinajstić information content (AvgIpc) is 3.11. The van der Waals surface area contributed by atoms with Gasteiger partial charge in [0.25, 0.3) is 0 Å². The van der Waals surface area contributed by atoms with Crippen LogP contribution in [0.5, 0.6) is 0 Å². The quantitative estimate of drug-likeness (QED) is 0.421. The van der Waals surface area contributed by atoms with E-state index in [4.69, 9.17) is 30.5 Å². The molecule has 0 aromatic heterocycles. The average molecular weight is 525 g/mol. The number of hydrogen-bond donors (Lipinski definition) is 1. The van der Waals surface area contributed by atoms with Crippen molar-refractivity contribution >= 4 is 35.5 Å². The van der Waals surface area contributed by atoms with Crippen LogP contribution in [0.1, 0.15) is 52.9 Å². The van der Waals surface area contributed by atoms with Crippen molar-refractivity contribution in [2.45, 2.75) is 69.5 Å². The van der Waals surface area contributed by atoms with E-state index in [1.807, 2.05) is 13.8 Å². The zero-order chi connectivity index (χ0) is 26.5. The zero-order valence-electron chi connectivity index (χ0n) is 21.0. The van der Waals surface area contributed by atoms with Gasteiger partial charge in [-0.25, -0.2) is 9.59 Å². The highest BCUT2D eigenvalue weighted by atomic mass is 35.5. The Kier molecular flexibility index (Phi) is 6.79. The smallest absolute Gasteiger partial charge is 0.438 e. The lowest BCUT2D eigenvalue weighted by molar-refractivity contribution is -0.179. The Morgan fingerprint density at radius 2 is 1.86 bits per heavy atom. The number of carbonyl (C=O) groups is 4. The zero-order valence-corrected chi connectivity index (χ0v) is 21.8. The Bertz CT molecular complexity index is 1040. The van der Waals surface area contributed by atoms with E-state index < -0.39 is 52.1 Å². The summed E-state index contributed by atoms with van der Waals surface area (Å²) in [6.07, 6.45) is 3.72. The van der Waals surface area contributed by atoms with Crippen LogP contribution in [-0.2, 0) is 28.5 Å². The molecule has 3 saturated carbocycles. The molecular weight excluding hydrogens is 492 g/mol. The molecule has 0 aromatic rings. The van der Waals surface area contributed by atoms with Crippen LogP contribution >= 0.6 is 11.6 Å². The summed E-state index contributed by atoms with van der Waals surface area (Å²) in [5.74, 6) is -1.14. The van der Waals surface area contributed by atoms with E-state index in [0.717, 1.165) is 12.7 Å². The summed E-state index contributed by atoms with van der Waals surface area (Å²) in [4.78, 5) is 48.7. The van der Waals surface area contributed by atoms with Gasteiger partial charge in [0.15, 0.2) is 18.0 Å². The second kappa shape index (κ2) is 9.17. The van der Waals surface area contributed by atoms with Gasteiger partial charge in [-0.15, -0.1) is 11.6 Å². The summed E-state index contributed by atoms with van der Waals surface area (Å²) in [7, 11) is 1.15. The first kappa shape index (κ1) is 26.7. The summed E-state index contributed by atoms with van der Waals surface area (Å²) < 4.78 is 20.2. The number of ether oxygens (including phenoxy) is 4. The highest BCUT2D eigenvalue weighted by Gasteiger charge is 2.74. The monoisotopic (exact) mass is 524 g/mol. The molecule has 0 heterocycles. The second-order valence-corrected chi connectivity index (χ2v) is 11.2. The minimum Gasteiger partial charge on any atom is -0.438 e. The first-order valence-corrected chi connectivity index (χ1v) is 12.7. The summed E-state index contributed by atoms with van der Waals surface area (Å²) in [6, 6.07) is 0. The molecule has 0 amide bonds. The van der Waals surface area contributed by atoms with Gasteiger partial charge in [-0.05, 0) is 63.0 Å². The molecule has 4 aliphatic rings. The first-order chi connectivity index (χ1) is 16.9. The maximum Gasteiger partial charge on any atom is 0.509 e. The summed E-state index contributed by atoms with van der Waals surface area (Å²) >= 11 is 7.40. The normalized spacial score (nSPS) is 40.8. The predicted octanol–water partition coefficient (Wildman–Crippen LogP) is 3.89. The molecular formula is C26H33ClO9. The Morgan fingerprint density at radius 1 is 1.14 bits per heavy atom. The van der Waals surface area contributed by atoms with Crippen molar-refractivity contribution in [1.29, 1.82) is 0 Å². The number of carbonyl (C=O) groups excluding carboxylic acids is 4.